The molecule has 492 valence electrons. The number of halogens is 1. The molecule has 14 atom stereocenters. The number of fused-ring (bicyclic) bond motifs is 3. The van der Waals surface area contributed by atoms with Gasteiger partial charge in [0, 0.05) is 103 Å². The topological polar surface area (TPSA) is 471 Å². The highest BCUT2D eigenvalue weighted by atomic mass is 35.5. The number of ether oxygens (including phenoxy) is 7. The minimum Gasteiger partial charge on any atom is -0.391 e. The summed E-state index contributed by atoms with van der Waals surface area (Å²) < 4.78 is 39.4. The zero-order valence-electron chi connectivity index (χ0n) is 51.3. The van der Waals surface area contributed by atoms with Crippen LogP contribution >= 0.6 is 11.6 Å². The Kier molecular flexibility index (Phi) is 23.7. The molecular formula is C56H82ClN19O14. The van der Waals surface area contributed by atoms with Crippen LogP contribution in [0.4, 0.5) is 23.7 Å². The molecule has 6 aliphatic heterocycles. The number of nitrogens with two attached hydrogens (primary N) is 4. The van der Waals surface area contributed by atoms with Crippen molar-refractivity contribution in [3.05, 3.63) is 97.0 Å². The van der Waals surface area contributed by atoms with Crippen molar-refractivity contribution in [2.75, 3.05) is 77.0 Å². The smallest absolute Gasteiger partial charge is 0.354 e. The summed E-state index contributed by atoms with van der Waals surface area (Å²) in [6.07, 6.45) is 12.8. The van der Waals surface area contributed by atoms with Crippen LogP contribution in [0.25, 0.3) is 33.2 Å². The van der Waals surface area contributed by atoms with Gasteiger partial charge in [-0.15, -0.1) is 0 Å². The summed E-state index contributed by atoms with van der Waals surface area (Å²) in [5.41, 5.74) is 25.9. The van der Waals surface area contributed by atoms with E-state index in [0.717, 1.165) is 24.2 Å². The number of hydrogen-bond acceptors (Lipinski definition) is 27. The summed E-state index contributed by atoms with van der Waals surface area (Å²) in [5, 5.41) is 39.2. The number of aromatic nitrogens is 13. The first-order valence-electron chi connectivity index (χ1n) is 29.2. The SMILES string of the molecule is CC1C=CC(C)O1.CC1CN(Cc2c[nH]c3c(=O)[nH]c(N)nc23)CC1O.CC[C@H]1O[C@@H](n2cnc(N)nc2=O)C[C@@H]1O.COC1C=CC(C)O1.COCC1CN(Cc2c[nH]c3c(=O)[nH]c(N)nc23)CC1O.CO[C@H]1O[C@@H](n2cnc3c(N)nc(Cl)nc32)C[C@@H]1O. The predicted octanol–water partition coefficient (Wildman–Crippen LogP) is 0.795. The number of aliphatic hydroxyl groups excluding tert-OH is 4. The maximum atomic E-state index is 11.8. The molecule has 13 heterocycles. The fourth-order valence-corrected chi connectivity index (χ4v) is 11.1. The zero-order chi connectivity index (χ0) is 65.1. The number of H-pyrrole nitrogens is 4. The van der Waals surface area contributed by atoms with Crippen LogP contribution in [0.3, 0.4) is 0 Å². The molecule has 6 aliphatic rings. The van der Waals surface area contributed by atoms with Gasteiger partial charge in [-0.2, -0.15) is 15.0 Å². The average molecular weight is 1280 g/mol. The van der Waals surface area contributed by atoms with Gasteiger partial charge in [-0.3, -0.25) is 38.5 Å². The van der Waals surface area contributed by atoms with Crippen LogP contribution in [0.5, 0.6) is 0 Å². The van der Waals surface area contributed by atoms with Crippen LogP contribution in [-0.2, 0) is 46.2 Å². The van der Waals surface area contributed by atoms with E-state index in [1.165, 1.54) is 24.3 Å². The largest absolute Gasteiger partial charge is 0.391 e. The summed E-state index contributed by atoms with van der Waals surface area (Å²) in [7, 11) is 4.74. The van der Waals surface area contributed by atoms with E-state index in [-0.39, 0.29) is 76.5 Å². The Morgan fingerprint density at radius 2 is 1.20 bits per heavy atom. The number of aliphatic hydroxyl groups is 4. The molecule has 34 heteroatoms. The lowest BCUT2D eigenvalue weighted by Crippen LogP contribution is -2.28. The second-order valence-electron chi connectivity index (χ2n) is 22.4. The van der Waals surface area contributed by atoms with E-state index in [1.807, 2.05) is 46.8 Å². The third-order valence-corrected chi connectivity index (χ3v) is 15.6. The first-order valence-corrected chi connectivity index (χ1v) is 29.6. The van der Waals surface area contributed by atoms with Crippen molar-refractivity contribution in [3.8, 4) is 0 Å². The number of likely N-dealkylation sites (tertiary alicyclic amines) is 2. The molecule has 33 nitrogen and oxygen atoms in total. The molecule has 0 amide bonds. The monoisotopic (exact) mass is 1280 g/mol. The van der Waals surface area contributed by atoms with Crippen LogP contribution in [0.2, 0.25) is 5.28 Å². The maximum absolute atomic E-state index is 11.8. The van der Waals surface area contributed by atoms with Crippen molar-refractivity contribution in [2.45, 2.75) is 141 Å². The lowest BCUT2D eigenvalue weighted by atomic mass is 10.1. The zero-order valence-corrected chi connectivity index (χ0v) is 52.0. The molecule has 0 aromatic carbocycles. The summed E-state index contributed by atoms with van der Waals surface area (Å²) in [6.45, 7) is 14.6. The molecule has 13 rings (SSSR count). The first kappa shape index (κ1) is 68.6. The van der Waals surface area contributed by atoms with Crippen molar-refractivity contribution in [3.63, 3.8) is 0 Å². The van der Waals surface area contributed by atoms with Crippen molar-refractivity contribution in [1.29, 1.82) is 0 Å². The molecule has 7 aromatic rings. The summed E-state index contributed by atoms with van der Waals surface area (Å²) in [4.78, 5) is 77.7. The Morgan fingerprint density at radius 1 is 0.633 bits per heavy atom. The molecule has 0 radical (unpaired) electrons. The number of β-amino-alcohol motifs (C(OH)–C–C–N with tert-alkyl or cyclic N) is 2. The number of nitrogens with one attached hydrogen (secondary N) is 4. The van der Waals surface area contributed by atoms with Gasteiger partial charge < -0.3 is 86.5 Å². The summed E-state index contributed by atoms with van der Waals surface area (Å²) in [5.74, 6) is 0.746. The molecule has 0 saturated carbocycles. The minimum atomic E-state index is -0.706. The van der Waals surface area contributed by atoms with Crippen LogP contribution in [-0.4, -0.2) is 210 Å². The Balaban J connectivity index is 0.000000144. The second-order valence-corrected chi connectivity index (χ2v) is 22.7. The van der Waals surface area contributed by atoms with E-state index in [2.05, 4.69) is 76.8 Å². The number of rotatable bonds is 11. The predicted molar refractivity (Wildman–Crippen MR) is 331 cm³/mol. The highest BCUT2D eigenvalue weighted by Crippen LogP contribution is 2.33. The quantitative estimate of drug-likeness (QED) is 0.0629. The lowest BCUT2D eigenvalue weighted by Gasteiger charge is -2.14. The molecule has 7 aromatic heterocycles. The van der Waals surface area contributed by atoms with Crippen LogP contribution in [0.15, 0.2) is 63.7 Å². The fraction of sp³-hybridized carbons (Fsp3) is 0.571. The highest BCUT2D eigenvalue weighted by molar-refractivity contribution is 6.28. The number of nitrogens with zero attached hydrogens (tertiary/aromatic N) is 11. The van der Waals surface area contributed by atoms with Crippen LogP contribution in [0.1, 0.15) is 77.5 Å². The van der Waals surface area contributed by atoms with Gasteiger partial charge in [-0.25, -0.2) is 24.7 Å². The fourth-order valence-electron chi connectivity index (χ4n) is 10.9. The van der Waals surface area contributed by atoms with Gasteiger partial charge in [-0.05, 0) is 50.8 Å². The molecular weight excluding hydrogens is 1200 g/mol. The number of imidazole rings is 1. The van der Waals surface area contributed by atoms with Crippen molar-refractivity contribution < 1.29 is 53.6 Å². The third kappa shape index (κ3) is 17.4. The van der Waals surface area contributed by atoms with E-state index in [9.17, 15) is 34.8 Å². The Labute approximate surface area is 520 Å². The molecule has 0 bridgehead atoms. The average Bonchev–Trinajstić information content (AvgIpc) is 2.28. The van der Waals surface area contributed by atoms with E-state index >= 15 is 0 Å². The van der Waals surface area contributed by atoms with Gasteiger partial charge in [0.05, 0.1) is 55.7 Å². The Morgan fingerprint density at radius 3 is 1.69 bits per heavy atom. The normalized spacial score (nSPS) is 27.8. The molecule has 4 saturated heterocycles. The van der Waals surface area contributed by atoms with Gasteiger partial charge in [0.15, 0.2) is 24.0 Å². The molecule has 8 unspecified atom stereocenters. The molecule has 16 N–H and O–H groups in total. The Hall–Kier alpha value is -7.35. The number of aromatic amines is 4. The van der Waals surface area contributed by atoms with Crippen molar-refractivity contribution in [1.82, 2.24) is 73.8 Å². The van der Waals surface area contributed by atoms with Gasteiger partial charge in [0.2, 0.25) is 23.1 Å². The number of methoxy groups -OCH3 is 3. The summed E-state index contributed by atoms with van der Waals surface area (Å²) in [6, 6.07) is 0. The van der Waals surface area contributed by atoms with Crippen LogP contribution < -0.4 is 39.7 Å². The van der Waals surface area contributed by atoms with Crippen molar-refractivity contribution >= 4 is 68.5 Å². The first-order chi connectivity index (χ1) is 42.9. The van der Waals surface area contributed by atoms with E-state index < -0.39 is 42.7 Å². The number of nitrogen functional groups attached to an aromatic ring is 4. The van der Waals surface area contributed by atoms with Gasteiger partial charge in [-0.1, -0.05) is 32.1 Å². The minimum absolute atomic E-state index is 0.0357. The van der Waals surface area contributed by atoms with Crippen LogP contribution in [0, 0.1) is 11.8 Å². The van der Waals surface area contributed by atoms with E-state index in [0.29, 0.717) is 97.5 Å². The maximum Gasteiger partial charge on any atom is 0.354 e. The van der Waals surface area contributed by atoms with E-state index in [4.69, 9.17) is 67.7 Å². The Bertz CT molecular complexity index is 3710. The third-order valence-electron chi connectivity index (χ3n) is 15.4. The molecule has 90 heavy (non-hydrogen) atoms. The molecule has 0 aliphatic carbocycles. The lowest BCUT2D eigenvalue weighted by molar-refractivity contribution is -0.160. The highest BCUT2D eigenvalue weighted by Gasteiger charge is 2.37. The van der Waals surface area contributed by atoms with Gasteiger partial charge in [0.25, 0.3) is 11.1 Å². The number of hydrogen-bond donors (Lipinski definition) is 12. The van der Waals surface area contributed by atoms with Gasteiger partial charge >= 0.3 is 5.69 Å². The molecule has 4 fully saturated rings. The second kappa shape index (κ2) is 31.1. The van der Waals surface area contributed by atoms with E-state index in [1.54, 1.807) is 31.2 Å². The molecule has 0 spiro atoms. The van der Waals surface area contributed by atoms with Gasteiger partial charge in [0.1, 0.15) is 52.5 Å². The number of anilines is 4. The summed E-state index contributed by atoms with van der Waals surface area (Å²) >= 11 is 5.79. The van der Waals surface area contributed by atoms with Crippen molar-refractivity contribution in [2.24, 2.45) is 11.8 Å². The standard InChI is InChI=1S/C13H19N5O3.C12H17N5O2.C10H12ClN5O3.C9H14N4O3.C6H10O2.C6H10O/c1-21-6-8-4-18(5-9(8)19)3-7-2-15-11-10(7)16-13(14)17-12(11)20;1-6-3-17(5-8(6)18)4-7-2-14-10-9(7)15-12(13)16-11(10)19;1-18-9-4(17)2-5(19-9)16-3-13-6-7(12)14-10(11)15-8(6)16;1-2-6-5(14)3-7(16-6)13-4-11-8(10)12-9(13)15;1-5-3-4-6(7-2)8-5;1-5-3-4-6(2)7-5/h2,8-9,15,19H,3-6H2,1H3,(H3,14,16,17,20);2,6,8,14,18H,3-5H2,1H3,(H3,13,15,16,19);3-5,9,17H,2H2,1H3,(H2,12,14,15);4-7,14H,2-3H2,1H3,(H2,10,12,15);3-6H,1-2H3;3-6H,1-2H3/t;;4-,5+,9-;5-,6+,7+;;/m..00../s1.